The molecule has 0 fully saturated rings. The van der Waals surface area contributed by atoms with Crippen LogP contribution in [-0.2, 0) is 0 Å². The summed E-state index contributed by atoms with van der Waals surface area (Å²) in [4.78, 5) is 0. The number of nitrogens with two attached hydrogens (primary N) is 1. The van der Waals surface area contributed by atoms with Crippen LogP contribution in [0.5, 0.6) is 0 Å². The minimum Gasteiger partial charge on any atom is -0.462 e. The molecule has 0 bridgehead atoms. The molecule has 3 heteroatoms. The Bertz CT molecular complexity index is 433. The topological polar surface area (TPSA) is 39.2 Å². The molecule has 1 aromatic heterocycles. The Balaban J connectivity index is 2.83. The van der Waals surface area contributed by atoms with Crippen LogP contribution in [0.4, 0.5) is 5.69 Å². The van der Waals surface area contributed by atoms with E-state index in [2.05, 4.69) is 6.30 Å². The van der Waals surface area contributed by atoms with Gasteiger partial charge in [0.1, 0.15) is 0 Å². The molecule has 0 saturated carbocycles. The van der Waals surface area contributed by atoms with E-state index in [4.69, 9.17) is 10.2 Å². The van der Waals surface area contributed by atoms with Gasteiger partial charge in [0.05, 0.1) is 12.0 Å². The van der Waals surface area contributed by atoms with Crippen molar-refractivity contribution in [1.82, 2.24) is 0 Å². The van der Waals surface area contributed by atoms with Gasteiger partial charge >= 0.3 is 0 Å². The Morgan fingerprint density at radius 1 is 1.42 bits per heavy atom. The molecule has 0 atom stereocenters. The van der Waals surface area contributed by atoms with Crippen LogP contribution < -0.4 is 11.0 Å². The Kier molecular flexibility index (Phi) is 1.63. The molecule has 60 valence electrons. The van der Waals surface area contributed by atoms with Gasteiger partial charge in [0, 0.05) is 10.7 Å². The maximum atomic E-state index is 5.75. The van der Waals surface area contributed by atoms with Crippen LogP contribution in [0.1, 0.15) is 0 Å². The number of furan rings is 1. The molecule has 1 heterocycles. The van der Waals surface area contributed by atoms with E-state index in [1.165, 1.54) is 0 Å². The lowest BCUT2D eigenvalue weighted by Crippen LogP contribution is -1.95. The fraction of sp³-hybridized carbons (Fsp3) is 0. The quantitative estimate of drug-likeness (QED) is 0.534. The highest BCUT2D eigenvalue weighted by Gasteiger charge is 2.01. The highest BCUT2D eigenvalue weighted by atomic mass is 31.1. The van der Waals surface area contributed by atoms with Crippen molar-refractivity contribution in [3.05, 3.63) is 24.5 Å². The monoisotopic (exact) mass is 177 g/mol. The summed E-state index contributed by atoms with van der Waals surface area (Å²) < 4.78 is 5.20. The van der Waals surface area contributed by atoms with E-state index < -0.39 is 0 Å². The van der Waals surface area contributed by atoms with Gasteiger partial charge in [-0.15, -0.1) is 0 Å². The maximum Gasteiger partial charge on any atom is 0.156 e. The summed E-state index contributed by atoms with van der Waals surface area (Å²) in [7, 11) is 0.980. The molecule has 2 rings (SSSR count). The first-order valence-corrected chi connectivity index (χ1v) is 4.62. The van der Waals surface area contributed by atoms with E-state index in [1.54, 1.807) is 6.26 Å². The molecule has 2 aromatic rings. The molecule has 0 saturated heterocycles. The van der Waals surface area contributed by atoms with E-state index in [9.17, 15) is 0 Å². The number of anilines is 1. The van der Waals surface area contributed by atoms with Crippen LogP contribution in [0.25, 0.3) is 11.0 Å². The molecule has 0 aliphatic carbocycles. The number of rotatable bonds is 1. The standard InChI is InChI=1S/C9H8NOP/c1-12-7-4-6-2-3-11-9(6)8(10)5-7/h2-5H,1,10H2. The second-order valence-corrected chi connectivity index (χ2v) is 3.36. The van der Waals surface area contributed by atoms with Crippen LogP contribution >= 0.6 is 8.20 Å². The lowest BCUT2D eigenvalue weighted by Gasteiger charge is -1.96. The summed E-state index contributed by atoms with van der Waals surface area (Å²) in [5.41, 5.74) is 7.20. The van der Waals surface area contributed by atoms with E-state index in [-0.39, 0.29) is 0 Å². The number of fused-ring (bicyclic) bond motifs is 1. The zero-order valence-corrected chi connectivity index (χ0v) is 7.34. The van der Waals surface area contributed by atoms with Gasteiger partial charge in [0.15, 0.2) is 5.58 Å². The van der Waals surface area contributed by atoms with Gasteiger partial charge in [0.2, 0.25) is 0 Å². The predicted molar refractivity (Wildman–Crippen MR) is 54.3 cm³/mol. The van der Waals surface area contributed by atoms with E-state index in [0.29, 0.717) is 5.69 Å². The molecule has 12 heavy (non-hydrogen) atoms. The van der Waals surface area contributed by atoms with Crippen LogP contribution in [0.3, 0.4) is 0 Å². The second-order valence-electron chi connectivity index (χ2n) is 2.53. The van der Waals surface area contributed by atoms with Crippen molar-refractivity contribution in [2.24, 2.45) is 0 Å². The smallest absolute Gasteiger partial charge is 0.156 e. The summed E-state index contributed by atoms with van der Waals surface area (Å²) >= 11 is 0. The number of hydrogen-bond acceptors (Lipinski definition) is 2. The average molecular weight is 177 g/mol. The fourth-order valence-corrected chi connectivity index (χ4v) is 1.65. The summed E-state index contributed by atoms with van der Waals surface area (Å²) in [6, 6.07) is 5.82. The molecule has 0 spiro atoms. The Labute approximate surface area is 71.8 Å². The minimum atomic E-state index is 0.684. The fourth-order valence-electron chi connectivity index (χ4n) is 1.18. The number of benzene rings is 1. The molecule has 0 unspecified atom stereocenters. The van der Waals surface area contributed by atoms with Gasteiger partial charge in [-0.3, -0.25) is 0 Å². The lowest BCUT2D eigenvalue weighted by atomic mass is 10.2. The molecular formula is C9H8NOP. The normalized spacial score (nSPS) is 11.0. The van der Waals surface area contributed by atoms with E-state index >= 15 is 0 Å². The maximum absolute atomic E-state index is 5.75. The van der Waals surface area contributed by atoms with E-state index in [0.717, 1.165) is 24.5 Å². The Morgan fingerprint density at radius 3 is 3.00 bits per heavy atom. The zero-order valence-electron chi connectivity index (χ0n) is 6.45. The summed E-state index contributed by atoms with van der Waals surface area (Å²) in [6.45, 7) is 0. The van der Waals surface area contributed by atoms with Crippen molar-refractivity contribution >= 4 is 36.5 Å². The van der Waals surface area contributed by atoms with Gasteiger partial charge < -0.3 is 10.2 Å². The molecule has 2 nitrogen and oxygen atoms in total. The van der Waals surface area contributed by atoms with Gasteiger partial charge in [0.25, 0.3) is 0 Å². The molecule has 0 amide bonds. The first-order valence-electron chi connectivity index (χ1n) is 3.55. The molecular weight excluding hydrogens is 169 g/mol. The van der Waals surface area contributed by atoms with Crippen molar-refractivity contribution in [2.45, 2.75) is 0 Å². The first-order chi connectivity index (χ1) is 5.81. The van der Waals surface area contributed by atoms with E-state index in [1.807, 2.05) is 18.2 Å². The summed E-state index contributed by atoms with van der Waals surface area (Å²) in [5, 5.41) is 2.16. The highest BCUT2D eigenvalue weighted by Crippen LogP contribution is 2.21. The van der Waals surface area contributed by atoms with Gasteiger partial charge in [-0.05, 0) is 18.2 Å². The lowest BCUT2D eigenvalue weighted by molar-refractivity contribution is 0.617. The summed E-state index contributed by atoms with van der Waals surface area (Å²) in [6.07, 6.45) is 5.42. The molecule has 0 aliphatic heterocycles. The Morgan fingerprint density at radius 2 is 2.25 bits per heavy atom. The number of hydrogen-bond donors (Lipinski definition) is 1. The van der Waals surface area contributed by atoms with Crippen molar-refractivity contribution in [2.75, 3.05) is 5.73 Å². The van der Waals surface area contributed by atoms with Crippen molar-refractivity contribution in [1.29, 1.82) is 0 Å². The molecule has 1 aromatic carbocycles. The minimum absolute atomic E-state index is 0.684. The van der Waals surface area contributed by atoms with Crippen LogP contribution in [0.15, 0.2) is 28.9 Å². The van der Waals surface area contributed by atoms with Gasteiger partial charge in [-0.1, -0.05) is 14.5 Å². The predicted octanol–water partition coefficient (Wildman–Crippen LogP) is 2.02. The Hall–Kier alpha value is -1.27. The molecule has 2 N–H and O–H groups in total. The van der Waals surface area contributed by atoms with Crippen molar-refractivity contribution in [3.8, 4) is 0 Å². The largest absolute Gasteiger partial charge is 0.462 e. The van der Waals surface area contributed by atoms with Gasteiger partial charge in [-0.2, -0.15) is 0 Å². The molecule has 0 radical (unpaired) electrons. The first kappa shape index (κ1) is 7.38. The van der Waals surface area contributed by atoms with Gasteiger partial charge in [-0.25, -0.2) is 0 Å². The van der Waals surface area contributed by atoms with Crippen LogP contribution in [-0.4, -0.2) is 6.30 Å². The van der Waals surface area contributed by atoms with Crippen molar-refractivity contribution in [3.63, 3.8) is 0 Å². The third-order valence-electron chi connectivity index (χ3n) is 1.75. The van der Waals surface area contributed by atoms with Crippen LogP contribution in [0, 0.1) is 0 Å². The van der Waals surface area contributed by atoms with Crippen molar-refractivity contribution < 1.29 is 4.42 Å². The SMILES string of the molecule is C=Pc1cc(N)c2occc2c1. The zero-order chi connectivity index (χ0) is 8.55. The summed E-state index contributed by atoms with van der Waals surface area (Å²) in [5.74, 6) is 0. The third-order valence-corrected chi connectivity index (χ3v) is 2.37. The second kappa shape index (κ2) is 2.65. The van der Waals surface area contributed by atoms with Crippen LogP contribution in [0.2, 0.25) is 0 Å². The average Bonchev–Trinajstić information content (AvgIpc) is 2.52. The third kappa shape index (κ3) is 1.01. The highest BCUT2D eigenvalue weighted by molar-refractivity contribution is 7.45. The molecule has 0 aliphatic rings. The number of nitrogen functional groups attached to an aromatic ring is 1.